The molecule has 1 aliphatic heterocycles. The highest BCUT2D eigenvalue weighted by atomic mass is 16.5. The first-order chi connectivity index (χ1) is 21.7. The van der Waals surface area contributed by atoms with Gasteiger partial charge in [-0.1, -0.05) is 24.3 Å². The largest absolute Gasteiger partial charge is 0.507 e. The van der Waals surface area contributed by atoms with Crippen LogP contribution in [0.2, 0.25) is 0 Å². The van der Waals surface area contributed by atoms with E-state index in [1.54, 1.807) is 25.3 Å². The Morgan fingerprint density at radius 3 is 2.36 bits per heavy atom. The molecule has 0 saturated carbocycles. The van der Waals surface area contributed by atoms with Crippen LogP contribution < -0.4 is 24.4 Å². The molecule has 4 N–H and O–H groups in total. The van der Waals surface area contributed by atoms with Crippen molar-refractivity contribution in [1.29, 1.82) is 0 Å². The fraction of sp³-hybridized carbons (Fsp3) is 0.176. The zero-order valence-corrected chi connectivity index (χ0v) is 24.2. The second kappa shape index (κ2) is 11.7. The Balaban J connectivity index is 1.50. The highest BCUT2D eigenvalue weighted by Crippen LogP contribution is 2.50. The fourth-order valence-corrected chi connectivity index (χ4v) is 5.49. The summed E-state index contributed by atoms with van der Waals surface area (Å²) in [5, 5.41) is 41.1. The van der Waals surface area contributed by atoms with Crippen molar-refractivity contribution >= 4 is 16.9 Å². The van der Waals surface area contributed by atoms with Gasteiger partial charge in [-0.15, -0.1) is 0 Å². The number of carbonyl (C=O) groups excluding carboxylic acids is 1. The van der Waals surface area contributed by atoms with E-state index in [1.165, 1.54) is 19.2 Å². The average molecular weight is 613 g/mol. The van der Waals surface area contributed by atoms with Gasteiger partial charge in [0.2, 0.25) is 11.2 Å². The quantitative estimate of drug-likeness (QED) is 0.101. The Kier molecular flexibility index (Phi) is 7.59. The van der Waals surface area contributed by atoms with Gasteiger partial charge in [-0.2, -0.15) is 0 Å². The van der Waals surface area contributed by atoms with Crippen LogP contribution in [0.3, 0.4) is 0 Å². The van der Waals surface area contributed by atoms with E-state index in [0.29, 0.717) is 23.5 Å². The first-order valence-electron chi connectivity index (χ1n) is 13.9. The lowest BCUT2D eigenvalue weighted by atomic mass is 9.84. The van der Waals surface area contributed by atoms with Gasteiger partial charge < -0.3 is 43.8 Å². The number of ether oxygens (including phenoxy) is 4. The van der Waals surface area contributed by atoms with E-state index in [-0.39, 0.29) is 46.6 Å². The van der Waals surface area contributed by atoms with E-state index < -0.39 is 40.3 Å². The van der Waals surface area contributed by atoms with Gasteiger partial charge in [0.05, 0.1) is 27.2 Å². The van der Waals surface area contributed by atoms with Gasteiger partial charge in [-0.3, -0.25) is 9.59 Å². The Labute approximate surface area is 256 Å². The van der Waals surface area contributed by atoms with E-state index in [9.17, 15) is 30.0 Å². The highest BCUT2D eigenvalue weighted by Gasteiger charge is 2.36. The molecule has 5 aromatic rings. The number of hydrogen-bond acceptors (Lipinski definition) is 11. The molecule has 11 nitrogen and oxygen atoms in total. The summed E-state index contributed by atoms with van der Waals surface area (Å²) < 4.78 is 28.7. The van der Waals surface area contributed by atoms with Crippen molar-refractivity contribution in [3.63, 3.8) is 0 Å². The van der Waals surface area contributed by atoms with Crippen molar-refractivity contribution in [2.45, 2.75) is 18.8 Å². The number of benzene rings is 4. The summed E-state index contributed by atoms with van der Waals surface area (Å²) in [6, 6.07) is 17.5. The minimum absolute atomic E-state index is 0.0402. The van der Waals surface area contributed by atoms with E-state index in [4.69, 9.17) is 23.4 Å². The Bertz CT molecular complexity index is 1990. The number of para-hydroxylation sites is 1. The van der Waals surface area contributed by atoms with Gasteiger partial charge >= 0.3 is 5.97 Å². The van der Waals surface area contributed by atoms with Crippen LogP contribution in [0.25, 0.3) is 22.3 Å². The number of phenolic OH excluding ortho intramolecular Hbond substituents is 3. The minimum atomic E-state index is -0.948. The lowest BCUT2D eigenvalue weighted by Gasteiger charge is -2.28. The number of esters is 1. The van der Waals surface area contributed by atoms with Crippen LogP contribution in [0.5, 0.6) is 46.0 Å². The molecule has 0 spiro atoms. The number of hydrogen-bond donors (Lipinski definition) is 4. The van der Waals surface area contributed by atoms with Crippen LogP contribution in [0.15, 0.2) is 75.9 Å². The van der Waals surface area contributed by atoms with Gasteiger partial charge in [0, 0.05) is 35.1 Å². The summed E-state index contributed by atoms with van der Waals surface area (Å²) in [5.74, 6) is -2.55. The van der Waals surface area contributed by atoms with Crippen molar-refractivity contribution in [2.75, 3.05) is 20.8 Å². The third-order valence-electron chi connectivity index (χ3n) is 7.70. The molecule has 6 rings (SSSR count). The van der Waals surface area contributed by atoms with Crippen LogP contribution >= 0.6 is 0 Å². The summed E-state index contributed by atoms with van der Waals surface area (Å²) >= 11 is 0. The van der Waals surface area contributed by atoms with E-state index in [2.05, 4.69) is 0 Å². The number of methoxy groups -OCH3 is 2. The maximum atomic E-state index is 13.4. The molecule has 0 unspecified atom stereocenters. The van der Waals surface area contributed by atoms with E-state index in [1.807, 2.05) is 24.3 Å². The molecule has 0 fully saturated rings. The zero-order valence-electron chi connectivity index (χ0n) is 24.2. The molecule has 1 aromatic heterocycles. The SMILES string of the molecule is COc1ccc(CCOc2c(OC)cccc2[C@@H]2CC(=O)Oc3cc(O)c4c(=O)c(O)c(-c5ccc(O)c(O)c5)oc4c32)cc1. The standard InChI is InChI=1S/C34H28O11/c1-41-19-9-6-17(7-10-19)12-13-43-33-20(4-3-5-25(33)42-2)21-15-27(38)44-26-16-24(37)29-30(39)31(40)32(45-34(29)28(21)26)18-8-11-22(35)23(36)14-18/h3-11,14,16,21,35-37,40H,12-13,15H2,1-2H3/t21-/m0/s1. The van der Waals surface area contributed by atoms with Gasteiger partial charge in [0.15, 0.2) is 28.8 Å². The average Bonchev–Trinajstić information content (AvgIpc) is 3.03. The highest BCUT2D eigenvalue weighted by molar-refractivity contribution is 5.94. The number of fused-ring (bicyclic) bond motifs is 3. The second-order valence-electron chi connectivity index (χ2n) is 10.4. The maximum Gasteiger partial charge on any atom is 0.312 e. The molecule has 230 valence electrons. The Morgan fingerprint density at radius 1 is 0.867 bits per heavy atom. The summed E-state index contributed by atoms with van der Waals surface area (Å²) in [6.45, 7) is 0.261. The predicted molar refractivity (Wildman–Crippen MR) is 162 cm³/mol. The lowest BCUT2D eigenvalue weighted by Crippen LogP contribution is -2.22. The van der Waals surface area contributed by atoms with Gasteiger partial charge in [0.1, 0.15) is 28.2 Å². The monoisotopic (exact) mass is 612 g/mol. The molecule has 45 heavy (non-hydrogen) atoms. The normalized spacial score (nSPS) is 14.1. The van der Waals surface area contributed by atoms with Crippen LogP contribution in [0, 0.1) is 0 Å². The summed E-state index contributed by atoms with van der Waals surface area (Å²) in [7, 11) is 3.09. The number of aromatic hydroxyl groups is 4. The molecule has 1 aliphatic rings. The molecular weight excluding hydrogens is 584 g/mol. The number of phenols is 3. The smallest absolute Gasteiger partial charge is 0.312 e. The van der Waals surface area contributed by atoms with Crippen molar-refractivity contribution in [1.82, 2.24) is 0 Å². The molecule has 0 amide bonds. The van der Waals surface area contributed by atoms with Crippen molar-refractivity contribution < 1.29 is 48.6 Å². The molecule has 0 bridgehead atoms. The first kappa shape index (κ1) is 29.2. The molecule has 1 atom stereocenters. The summed E-state index contributed by atoms with van der Waals surface area (Å²) in [4.78, 5) is 26.3. The lowest BCUT2D eigenvalue weighted by molar-refractivity contribution is -0.135. The first-order valence-corrected chi connectivity index (χ1v) is 13.9. The summed E-state index contributed by atoms with van der Waals surface area (Å²) in [5.41, 5.74) is 0.795. The molecule has 0 radical (unpaired) electrons. The van der Waals surface area contributed by atoms with E-state index in [0.717, 1.165) is 23.4 Å². The van der Waals surface area contributed by atoms with Gasteiger partial charge in [-0.25, -0.2) is 0 Å². The van der Waals surface area contributed by atoms with Gasteiger partial charge in [0.25, 0.3) is 0 Å². The number of carbonyl (C=O) groups is 1. The molecule has 4 aromatic carbocycles. The second-order valence-corrected chi connectivity index (χ2v) is 10.4. The van der Waals surface area contributed by atoms with Crippen molar-refractivity contribution in [2.24, 2.45) is 0 Å². The third-order valence-corrected chi connectivity index (χ3v) is 7.70. The maximum absolute atomic E-state index is 13.4. The zero-order chi connectivity index (χ0) is 31.8. The molecule has 11 heteroatoms. The fourth-order valence-electron chi connectivity index (χ4n) is 5.49. The van der Waals surface area contributed by atoms with Crippen LogP contribution in [-0.4, -0.2) is 47.2 Å². The number of rotatable bonds is 8. The molecule has 2 heterocycles. The molecule has 0 aliphatic carbocycles. The Morgan fingerprint density at radius 2 is 1.64 bits per heavy atom. The Hall–Kier alpha value is -5.84. The van der Waals surface area contributed by atoms with Crippen LogP contribution in [0.4, 0.5) is 0 Å². The topological polar surface area (TPSA) is 165 Å². The summed E-state index contributed by atoms with van der Waals surface area (Å²) in [6.07, 6.45) is 0.382. The predicted octanol–water partition coefficient (Wildman–Crippen LogP) is 5.36. The van der Waals surface area contributed by atoms with Crippen molar-refractivity contribution in [3.8, 4) is 57.3 Å². The minimum Gasteiger partial charge on any atom is -0.507 e. The van der Waals surface area contributed by atoms with Crippen molar-refractivity contribution in [3.05, 3.63) is 93.6 Å². The molecule has 0 saturated heterocycles. The van der Waals surface area contributed by atoms with Gasteiger partial charge in [-0.05, 0) is 42.0 Å². The molecular formula is C34H28O11. The third kappa shape index (κ3) is 5.29. The van der Waals surface area contributed by atoms with Crippen LogP contribution in [0.1, 0.15) is 29.0 Å². The van der Waals surface area contributed by atoms with E-state index >= 15 is 0 Å². The van der Waals surface area contributed by atoms with Crippen LogP contribution in [-0.2, 0) is 11.2 Å².